The maximum absolute atomic E-state index is 12.0. The number of amides is 1. The second-order valence-electron chi connectivity index (χ2n) is 5.71. The van der Waals surface area contributed by atoms with E-state index in [0.29, 0.717) is 18.2 Å². The Hall–Kier alpha value is -1.66. The minimum absolute atomic E-state index is 0. The minimum Gasteiger partial charge on any atom is -0.351 e. The Morgan fingerprint density at radius 2 is 1.87 bits per heavy atom. The van der Waals surface area contributed by atoms with Gasteiger partial charge in [0.2, 0.25) is 0 Å². The second kappa shape index (κ2) is 10.2. The molecule has 1 aromatic carbocycles. The number of halogens is 1. The highest BCUT2D eigenvalue weighted by Crippen LogP contribution is 2.17. The Labute approximate surface area is 142 Å². The van der Waals surface area contributed by atoms with Crippen LogP contribution in [0.3, 0.4) is 0 Å². The average molecular weight is 342 g/mol. The van der Waals surface area contributed by atoms with E-state index in [9.17, 15) is 14.9 Å². The van der Waals surface area contributed by atoms with Crippen molar-refractivity contribution in [1.82, 2.24) is 10.6 Å². The van der Waals surface area contributed by atoms with Crippen molar-refractivity contribution in [3.63, 3.8) is 0 Å². The van der Waals surface area contributed by atoms with Crippen LogP contribution >= 0.6 is 12.4 Å². The first-order valence-corrected chi connectivity index (χ1v) is 7.93. The first kappa shape index (κ1) is 19.4. The van der Waals surface area contributed by atoms with Crippen molar-refractivity contribution in [2.24, 2.45) is 0 Å². The van der Waals surface area contributed by atoms with Crippen molar-refractivity contribution in [2.75, 3.05) is 13.1 Å². The van der Waals surface area contributed by atoms with Crippen molar-refractivity contribution in [3.8, 4) is 0 Å². The number of hydrogen-bond acceptors (Lipinski definition) is 4. The summed E-state index contributed by atoms with van der Waals surface area (Å²) in [6, 6.07) is 6.34. The molecule has 1 fully saturated rings. The predicted octanol–water partition coefficient (Wildman–Crippen LogP) is 3.06. The summed E-state index contributed by atoms with van der Waals surface area (Å²) in [5, 5.41) is 17.0. The lowest BCUT2D eigenvalue weighted by atomic mass is 10.1. The van der Waals surface area contributed by atoms with Gasteiger partial charge in [-0.25, -0.2) is 0 Å². The number of carbonyl (C=O) groups excluding carboxylic acids is 1. The van der Waals surface area contributed by atoms with Gasteiger partial charge in [0.05, 0.1) is 4.92 Å². The van der Waals surface area contributed by atoms with Gasteiger partial charge < -0.3 is 10.6 Å². The molecule has 2 rings (SSSR count). The number of nitro benzene ring substituents is 1. The van der Waals surface area contributed by atoms with Gasteiger partial charge in [-0.2, -0.15) is 0 Å². The zero-order chi connectivity index (χ0) is 15.8. The average Bonchev–Trinajstić information content (AvgIpc) is 2.80. The molecule has 0 atom stereocenters. The van der Waals surface area contributed by atoms with Crippen LogP contribution in [0.5, 0.6) is 0 Å². The van der Waals surface area contributed by atoms with Crippen molar-refractivity contribution in [3.05, 3.63) is 39.9 Å². The number of hydrogen-bond donors (Lipinski definition) is 2. The number of nitrogens with zero attached hydrogens (tertiary/aromatic N) is 1. The van der Waals surface area contributed by atoms with Crippen molar-refractivity contribution < 1.29 is 9.72 Å². The molecule has 128 valence electrons. The van der Waals surface area contributed by atoms with E-state index < -0.39 is 4.92 Å². The van der Waals surface area contributed by atoms with Crippen LogP contribution in [0.2, 0.25) is 0 Å². The number of nitrogens with one attached hydrogen (secondary N) is 2. The van der Waals surface area contributed by atoms with Crippen LogP contribution in [0.4, 0.5) is 5.69 Å². The van der Waals surface area contributed by atoms with E-state index in [1.165, 1.54) is 56.7 Å². The Balaban J connectivity index is 0.00000264. The smallest absolute Gasteiger partial charge is 0.270 e. The highest BCUT2D eigenvalue weighted by Gasteiger charge is 2.12. The van der Waals surface area contributed by atoms with Gasteiger partial charge >= 0.3 is 0 Å². The number of non-ortho nitro benzene ring substituents is 1. The van der Waals surface area contributed by atoms with E-state index in [1.54, 1.807) is 6.07 Å². The molecule has 1 saturated carbocycles. The van der Waals surface area contributed by atoms with Crippen molar-refractivity contribution in [2.45, 2.75) is 44.6 Å². The minimum atomic E-state index is -0.496. The third-order valence-electron chi connectivity index (χ3n) is 4.02. The summed E-state index contributed by atoms with van der Waals surface area (Å²) in [5.74, 6) is -0.272. The fraction of sp³-hybridized carbons (Fsp3) is 0.562. The number of rotatable bonds is 6. The van der Waals surface area contributed by atoms with Crippen molar-refractivity contribution in [1.29, 1.82) is 0 Å². The summed E-state index contributed by atoms with van der Waals surface area (Å²) in [4.78, 5) is 22.2. The Kier molecular flexibility index (Phi) is 8.58. The topological polar surface area (TPSA) is 84.3 Å². The first-order valence-electron chi connectivity index (χ1n) is 7.93. The van der Waals surface area contributed by atoms with Gasteiger partial charge in [-0.3, -0.25) is 14.9 Å². The van der Waals surface area contributed by atoms with Crippen LogP contribution in [0, 0.1) is 10.1 Å². The molecule has 1 amide bonds. The van der Waals surface area contributed by atoms with Gasteiger partial charge in [0.1, 0.15) is 0 Å². The van der Waals surface area contributed by atoms with E-state index in [4.69, 9.17) is 0 Å². The van der Waals surface area contributed by atoms with Crippen LogP contribution in [-0.4, -0.2) is 30.0 Å². The van der Waals surface area contributed by atoms with E-state index in [1.807, 2.05) is 0 Å². The summed E-state index contributed by atoms with van der Waals surface area (Å²) in [7, 11) is 0. The summed E-state index contributed by atoms with van der Waals surface area (Å²) in [6.45, 7) is 1.25. The van der Waals surface area contributed by atoms with Crippen LogP contribution in [0.25, 0.3) is 0 Å². The molecule has 0 spiro atoms. The molecule has 0 aromatic heterocycles. The summed E-state index contributed by atoms with van der Waals surface area (Å²) in [5.41, 5.74) is 0.257. The molecule has 0 heterocycles. The van der Waals surface area contributed by atoms with Crippen LogP contribution in [0.15, 0.2) is 24.3 Å². The lowest BCUT2D eigenvalue weighted by Gasteiger charge is -2.16. The van der Waals surface area contributed by atoms with Crippen LogP contribution in [-0.2, 0) is 0 Å². The fourth-order valence-corrected chi connectivity index (χ4v) is 2.80. The summed E-state index contributed by atoms with van der Waals surface area (Å²) >= 11 is 0. The molecule has 1 aromatic rings. The van der Waals surface area contributed by atoms with E-state index in [-0.39, 0.29) is 24.0 Å². The zero-order valence-electron chi connectivity index (χ0n) is 13.1. The summed E-state index contributed by atoms with van der Waals surface area (Å²) in [6.07, 6.45) is 7.61. The highest BCUT2D eigenvalue weighted by atomic mass is 35.5. The van der Waals surface area contributed by atoms with Gasteiger partial charge in [0.15, 0.2) is 0 Å². The normalized spacial score (nSPS) is 15.3. The molecule has 0 unspecified atom stereocenters. The fourth-order valence-electron chi connectivity index (χ4n) is 2.80. The molecule has 0 radical (unpaired) electrons. The lowest BCUT2D eigenvalue weighted by molar-refractivity contribution is -0.384. The second-order valence-corrected chi connectivity index (χ2v) is 5.71. The Bertz CT molecular complexity index is 517. The largest absolute Gasteiger partial charge is 0.351 e. The molecule has 1 aliphatic carbocycles. The van der Waals surface area contributed by atoms with Gasteiger partial charge in [-0.05, 0) is 18.9 Å². The highest BCUT2D eigenvalue weighted by molar-refractivity contribution is 5.94. The Morgan fingerprint density at radius 1 is 1.17 bits per heavy atom. The molecule has 6 nitrogen and oxygen atoms in total. The first-order chi connectivity index (χ1) is 10.7. The van der Waals surface area contributed by atoms with Crippen LogP contribution in [0.1, 0.15) is 48.9 Å². The van der Waals surface area contributed by atoms with Gasteiger partial charge in [-0.15, -0.1) is 12.4 Å². The molecule has 1 aliphatic rings. The molecule has 2 N–H and O–H groups in total. The number of nitro groups is 1. The molecule has 0 saturated heterocycles. The number of benzene rings is 1. The lowest BCUT2D eigenvalue weighted by Crippen LogP contribution is -2.36. The maximum Gasteiger partial charge on any atom is 0.270 e. The van der Waals surface area contributed by atoms with Crippen molar-refractivity contribution >= 4 is 24.0 Å². The maximum atomic E-state index is 12.0. The van der Waals surface area contributed by atoms with Gasteiger partial charge in [-0.1, -0.05) is 31.7 Å². The third kappa shape index (κ3) is 6.54. The monoisotopic (exact) mass is 341 g/mol. The zero-order valence-corrected chi connectivity index (χ0v) is 13.9. The molecule has 7 heteroatoms. The van der Waals surface area contributed by atoms with Gasteiger partial charge in [0.25, 0.3) is 11.6 Å². The predicted molar refractivity (Wildman–Crippen MR) is 92.2 cm³/mol. The Morgan fingerprint density at radius 3 is 2.52 bits per heavy atom. The third-order valence-corrected chi connectivity index (χ3v) is 4.02. The van der Waals surface area contributed by atoms with E-state index in [0.717, 1.165) is 6.54 Å². The standard InChI is InChI=1S/C16H23N3O3.ClH/c20-16(13-6-5-9-15(12-13)19(21)22)18-11-10-17-14-7-3-1-2-4-8-14;/h5-6,9,12,14,17H,1-4,7-8,10-11H2,(H,18,20);1H. The molecule has 0 aliphatic heterocycles. The molecular weight excluding hydrogens is 318 g/mol. The van der Waals surface area contributed by atoms with Crippen LogP contribution < -0.4 is 10.6 Å². The quantitative estimate of drug-likeness (QED) is 0.360. The summed E-state index contributed by atoms with van der Waals surface area (Å²) < 4.78 is 0. The molecular formula is C16H24ClN3O3. The molecule has 23 heavy (non-hydrogen) atoms. The number of carbonyl (C=O) groups is 1. The SMILES string of the molecule is Cl.O=C(NCCNC1CCCCCC1)c1cccc([N+](=O)[O-])c1. The van der Waals surface area contributed by atoms with E-state index >= 15 is 0 Å². The molecule has 0 bridgehead atoms. The van der Waals surface area contributed by atoms with E-state index in [2.05, 4.69) is 10.6 Å². The van der Waals surface area contributed by atoms with Gasteiger partial charge in [0, 0.05) is 36.8 Å².